The molecule has 0 spiro atoms. The van der Waals surface area contributed by atoms with E-state index in [1.807, 2.05) is 0 Å². The van der Waals surface area contributed by atoms with Crippen molar-refractivity contribution in [2.45, 2.75) is 20.0 Å². The lowest BCUT2D eigenvalue weighted by Crippen LogP contribution is -2.12. The number of nitrogens with one attached hydrogen (secondary N) is 1. The van der Waals surface area contributed by atoms with E-state index in [0.29, 0.717) is 16.3 Å². The molecule has 0 saturated carbocycles. The minimum atomic E-state index is -0.757. The maximum atomic E-state index is 12.4. The summed E-state index contributed by atoms with van der Waals surface area (Å²) in [6.07, 6.45) is 0.945. The second-order valence-corrected chi connectivity index (χ2v) is 7.37. The summed E-state index contributed by atoms with van der Waals surface area (Å²) in [7, 11) is 0. The molecule has 1 heterocycles. The third kappa shape index (κ3) is 5.71. The Bertz CT molecular complexity index is 1250. The van der Waals surface area contributed by atoms with Gasteiger partial charge in [-0.3, -0.25) is 25.7 Å². The number of rotatable bonds is 8. The van der Waals surface area contributed by atoms with Gasteiger partial charge in [-0.25, -0.2) is 4.79 Å². The van der Waals surface area contributed by atoms with Crippen LogP contribution in [0.4, 0.5) is 17.1 Å². The van der Waals surface area contributed by atoms with Gasteiger partial charge >= 0.3 is 11.7 Å². The highest BCUT2D eigenvalue weighted by Crippen LogP contribution is 2.30. The summed E-state index contributed by atoms with van der Waals surface area (Å²) in [5, 5.41) is 26.3. The van der Waals surface area contributed by atoms with Crippen LogP contribution in [-0.2, 0) is 4.74 Å². The topological polar surface area (TPSA) is 150 Å². The Morgan fingerprint density at radius 3 is 2.55 bits per heavy atom. The van der Waals surface area contributed by atoms with Crippen molar-refractivity contribution in [3.63, 3.8) is 0 Å². The van der Waals surface area contributed by atoms with Crippen LogP contribution in [0, 0.1) is 20.2 Å². The summed E-state index contributed by atoms with van der Waals surface area (Å²) < 4.78 is 11.0. The van der Waals surface area contributed by atoms with Gasteiger partial charge in [0.1, 0.15) is 17.2 Å². The number of non-ortho nitro benzene ring substituents is 1. The van der Waals surface area contributed by atoms with Crippen molar-refractivity contribution in [1.82, 2.24) is 0 Å². The Labute approximate surface area is 191 Å². The maximum Gasteiger partial charge on any atom is 0.339 e. The molecular formula is C21H17ClN4O7. The summed E-state index contributed by atoms with van der Waals surface area (Å²) in [5.74, 6) is 0.0663. The minimum absolute atomic E-state index is 0.0396. The molecule has 0 saturated heterocycles. The van der Waals surface area contributed by atoms with Crippen molar-refractivity contribution < 1.29 is 23.8 Å². The highest BCUT2D eigenvalue weighted by atomic mass is 35.5. The number of furan rings is 1. The van der Waals surface area contributed by atoms with Crippen LogP contribution in [-0.4, -0.2) is 28.1 Å². The van der Waals surface area contributed by atoms with E-state index in [4.69, 9.17) is 20.8 Å². The van der Waals surface area contributed by atoms with Gasteiger partial charge in [-0.1, -0.05) is 11.6 Å². The molecule has 0 amide bonds. The quantitative estimate of drug-likeness (QED) is 0.197. The molecule has 12 heteroatoms. The smallest absolute Gasteiger partial charge is 0.339 e. The van der Waals surface area contributed by atoms with Gasteiger partial charge in [-0.15, -0.1) is 0 Å². The number of benzene rings is 2. The molecule has 3 aromatic rings. The van der Waals surface area contributed by atoms with Crippen LogP contribution in [0.25, 0.3) is 11.3 Å². The lowest BCUT2D eigenvalue weighted by molar-refractivity contribution is -0.393. The molecule has 0 aliphatic heterocycles. The summed E-state index contributed by atoms with van der Waals surface area (Å²) in [6.45, 7) is 3.47. The summed E-state index contributed by atoms with van der Waals surface area (Å²) >= 11 is 6.08. The van der Waals surface area contributed by atoms with Gasteiger partial charge in [-0.05, 0) is 50.2 Å². The highest BCUT2D eigenvalue weighted by Gasteiger charge is 2.20. The average Bonchev–Trinajstić information content (AvgIpc) is 3.21. The number of carbonyl (C=O) groups excluding carboxylic acids is 1. The Hall–Kier alpha value is -4.25. The number of nitrogens with zero attached hydrogens (tertiary/aromatic N) is 3. The second kappa shape index (κ2) is 9.92. The zero-order valence-corrected chi connectivity index (χ0v) is 18.1. The standard InChI is InChI=1S/C21H17ClN4O7/c1-12(2)32-21(27)16-6-3-13(22)9-17(16)20-8-5-15(33-20)11-23-24-18-7-4-14(25(28)29)10-19(18)26(30)31/h3-12,24H,1-2H3/b23-11-. The molecule has 0 fully saturated rings. The monoisotopic (exact) mass is 472 g/mol. The van der Waals surface area contributed by atoms with Crippen LogP contribution < -0.4 is 5.43 Å². The van der Waals surface area contributed by atoms with Crippen LogP contribution >= 0.6 is 11.6 Å². The van der Waals surface area contributed by atoms with Crippen LogP contribution in [0.3, 0.4) is 0 Å². The molecule has 170 valence electrons. The number of esters is 1. The molecule has 11 nitrogen and oxygen atoms in total. The van der Waals surface area contributed by atoms with E-state index in [2.05, 4.69) is 10.5 Å². The van der Waals surface area contributed by atoms with Crippen LogP contribution in [0.1, 0.15) is 30.0 Å². The normalized spacial score (nSPS) is 11.0. The molecule has 0 atom stereocenters. The first-order chi connectivity index (χ1) is 15.7. The highest BCUT2D eigenvalue weighted by molar-refractivity contribution is 6.31. The Morgan fingerprint density at radius 1 is 1.12 bits per heavy atom. The zero-order chi connectivity index (χ0) is 24.1. The van der Waals surface area contributed by atoms with Gasteiger partial charge in [0.05, 0.1) is 33.8 Å². The maximum absolute atomic E-state index is 12.4. The Balaban J connectivity index is 1.83. The van der Waals surface area contributed by atoms with Crippen molar-refractivity contribution >= 4 is 40.8 Å². The number of ether oxygens (including phenoxy) is 1. The molecule has 2 aromatic carbocycles. The largest absolute Gasteiger partial charge is 0.459 e. The van der Waals surface area contributed by atoms with Crippen molar-refractivity contribution in [3.8, 4) is 11.3 Å². The van der Waals surface area contributed by atoms with E-state index in [9.17, 15) is 25.0 Å². The SMILES string of the molecule is CC(C)OC(=O)c1ccc(Cl)cc1-c1ccc(/C=N\Nc2ccc([N+](=O)[O-])cc2[N+](=O)[O-])o1. The van der Waals surface area contributed by atoms with Gasteiger partial charge in [0.2, 0.25) is 0 Å². The lowest BCUT2D eigenvalue weighted by Gasteiger charge is -2.11. The third-order valence-electron chi connectivity index (χ3n) is 4.20. The summed E-state index contributed by atoms with van der Waals surface area (Å²) in [5.41, 5.74) is 2.20. The van der Waals surface area contributed by atoms with E-state index < -0.39 is 27.2 Å². The molecular weight excluding hydrogens is 456 g/mol. The number of nitro benzene ring substituents is 2. The van der Waals surface area contributed by atoms with Crippen LogP contribution in [0.15, 0.2) is 58.0 Å². The van der Waals surface area contributed by atoms with E-state index in [1.54, 1.807) is 38.1 Å². The van der Waals surface area contributed by atoms with E-state index in [-0.39, 0.29) is 23.1 Å². The van der Waals surface area contributed by atoms with Crippen molar-refractivity contribution in [2.24, 2.45) is 5.10 Å². The molecule has 0 aliphatic carbocycles. The average molecular weight is 473 g/mol. The van der Waals surface area contributed by atoms with Gasteiger partial charge in [0.15, 0.2) is 0 Å². The van der Waals surface area contributed by atoms with E-state index >= 15 is 0 Å². The fourth-order valence-electron chi connectivity index (χ4n) is 2.79. The van der Waals surface area contributed by atoms with E-state index in [1.165, 1.54) is 18.3 Å². The lowest BCUT2D eigenvalue weighted by atomic mass is 10.1. The number of hydrogen-bond acceptors (Lipinski definition) is 9. The van der Waals surface area contributed by atoms with Crippen LogP contribution in [0.2, 0.25) is 5.02 Å². The van der Waals surface area contributed by atoms with E-state index in [0.717, 1.165) is 12.1 Å². The van der Waals surface area contributed by atoms with Crippen molar-refractivity contribution in [1.29, 1.82) is 0 Å². The van der Waals surface area contributed by atoms with Gasteiger partial charge in [0.25, 0.3) is 5.69 Å². The van der Waals surface area contributed by atoms with Gasteiger partial charge < -0.3 is 9.15 Å². The molecule has 33 heavy (non-hydrogen) atoms. The van der Waals surface area contributed by atoms with Crippen LogP contribution in [0.5, 0.6) is 0 Å². The van der Waals surface area contributed by atoms with Gasteiger partial charge in [-0.2, -0.15) is 5.10 Å². The summed E-state index contributed by atoms with van der Waals surface area (Å²) in [4.78, 5) is 32.9. The Kier molecular flexibility index (Phi) is 7.04. The molecule has 1 N–H and O–H groups in total. The number of hydrogen-bond donors (Lipinski definition) is 1. The number of hydrazone groups is 1. The van der Waals surface area contributed by atoms with Crippen molar-refractivity contribution in [3.05, 3.63) is 85.1 Å². The minimum Gasteiger partial charge on any atom is -0.459 e. The first-order valence-electron chi connectivity index (χ1n) is 9.48. The van der Waals surface area contributed by atoms with Gasteiger partial charge in [0, 0.05) is 16.7 Å². The zero-order valence-electron chi connectivity index (χ0n) is 17.4. The molecule has 0 unspecified atom stereocenters. The predicted molar refractivity (Wildman–Crippen MR) is 121 cm³/mol. The molecule has 0 bridgehead atoms. The van der Waals surface area contributed by atoms with Crippen molar-refractivity contribution in [2.75, 3.05) is 5.43 Å². The first kappa shape index (κ1) is 23.4. The molecule has 0 radical (unpaired) electrons. The molecule has 0 aliphatic rings. The fourth-order valence-corrected chi connectivity index (χ4v) is 2.96. The number of carbonyl (C=O) groups is 1. The number of anilines is 1. The number of nitro groups is 2. The summed E-state index contributed by atoms with van der Waals surface area (Å²) in [6, 6.07) is 11.0. The Morgan fingerprint density at radius 2 is 1.88 bits per heavy atom. The molecule has 3 rings (SSSR count). The molecule has 1 aromatic heterocycles. The number of halogens is 1. The second-order valence-electron chi connectivity index (χ2n) is 6.93. The predicted octanol–water partition coefficient (Wildman–Crippen LogP) is 5.43. The third-order valence-corrected chi connectivity index (χ3v) is 4.44. The fraction of sp³-hybridized carbons (Fsp3) is 0.143. The first-order valence-corrected chi connectivity index (χ1v) is 9.86.